The molecule has 1 saturated carbocycles. The largest absolute Gasteiger partial charge is 0.298 e. The molecule has 2 fully saturated rings. The van der Waals surface area contributed by atoms with E-state index in [0.29, 0.717) is 12.1 Å². The molecule has 1 aliphatic heterocycles. The average molecular weight is 476 g/mol. The van der Waals surface area contributed by atoms with E-state index < -0.39 is 22.7 Å². The summed E-state index contributed by atoms with van der Waals surface area (Å²) < 4.78 is 0. The summed E-state index contributed by atoms with van der Waals surface area (Å²) in [5.41, 5.74) is 3.09. The highest BCUT2D eigenvalue weighted by Gasteiger charge is 2.80. The monoisotopic (exact) mass is 475 g/mol. The van der Waals surface area contributed by atoms with Crippen LogP contribution in [0, 0.1) is 29.6 Å². The van der Waals surface area contributed by atoms with Crippen LogP contribution >= 0.6 is 0 Å². The number of nitrogens with zero attached hydrogens (tertiary/aromatic N) is 1. The van der Waals surface area contributed by atoms with Gasteiger partial charge in [-0.1, -0.05) is 92.2 Å². The molecular weight excluding hydrogens is 446 g/mol. The van der Waals surface area contributed by atoms with Crippen LogP contribution in [0.1, 0.15) is 43.4 Å². The molecular formula is C32H29NO3. The van der Waals surface area contributed by atoms with Crippen molar-refractivity contribution in [1.29, 1.82) is 0 Å². The maximum absolute atomic E-state index is 14.6. The zero-order valence-corrected chi connectivity index (χ0v) is 20.8. The summed E-state index contributed by atoms with van der Waals surface area (Å²) in [6.07, 6.45) is 1.26. The van der Waals surface area contributed by atoms with Gasteiger partial charge in [0, 0.05) is 0 Å². The lowest BCUT2D eigenvalue weighted by Crippen LogP contribution is -2.41. The topological polar surface area (TPSA) is 54.5 Å². The molecule has 0 aromatic heterocycles. The third-order valence-corrected chi connectivity index (χ3v) is 8.68. The van der Waals surface area contributed by atoms with Gasteiger partial charge in [-0.25, -0.2) is 4.90 Å². The zero-order valence-electron chi connectivity index (χ0n) is 20.8. The number of ketones is 1. The Hall–Kier alpha value is -3.79. The van der Waals surface area contributed by atoms with E-state index in [-0.39, 0.29) is 17.6 Å². The number of hydrogen-bond acceptors (Lipinski definition) is 3. The Labute approximate surface area is 211 Å². The molecule has 0 radical (unpaired) electrons. The Morgan fingerprint density at radius 2 is 1.25 bits per heavy atom. The SMILES string of the molecule is CCC[C@@]12C(=O)[C@@](C)(C(c3ccccc3)=C1c1ccccc1)[C@H]1C(=O)N(c3ccccc3C)C(=O)[C@H]12. The van der Waals surface area contributed by atoms with Crippen molar-refractivity contribution in [2.24, 2.45) is 22.7 Å². The second-order valence-corrected chi connectivity index (χ2v) is 10.5. The van der Waals surface area contributed by atoms with Crippen LogP contribution in [0.5, 0.6) is 0 Å². The van der Waals surface area contributed by atoms with Crippen molar-refractivity contribution in [3.8, 4) is 0 Å². The number of para-hydroxylation sites is 1. The van der Waals surface area contributed by atoms with Crippen molar-refractivity contribution in [3.05, 3.63) is 102 Å². The standard InChI is InChI=1S/C32H29NO3/c1-4-19-32-25(22-16-9-6-10-17-22)24(21-14-7-5-8-15-21)31(3,30(32)36)26-27(32)29(35)33(28(26)34)23-18-12-11-13-20(23)2/h5-18,26-27H,4,19H2,1-3H3/t26-,27+,31+,32-/m1/s1. The number of imide groups is 1. The number of allylic oxidation sites excluding steroid dienone is 2. The Morgan fingerprint density at radius 1 is 0.722 bits per heavy atom. The number of carbonyl (C=O) groups is 3. The van der Waals surface area contributed by atoms with Crippen LogP contribution in [0.4, 0.5) is 5.69 Å². The lowest BCUT2D eigenvalue weighted by molar-refractivity contribution is -0.134. The number of benzene rings is 3. The molecule has 1 saturated heterocycles. The summed E-state index contributed by atoms with van der Waals surface area (Å²) in [4.78, 5) is 44.4. The van der Waals surface area contributed by atoms with Gasteiger partial charge in [-0.15, -0.1) is 0 Å². The molecule has 1 heterocycles. The molecule has 4 heteroatoms. The maximum Gasteiger partial charge on any atom is 0.239 e. The molecule has 2 amide bonds. The fourth-order valence-electron chi connectivity index (χ4n) is 7.41. The molecule has 0 unspecified atom stereocenters. The van der Waals surface area contributed by atoms with Crippen LogP contribution in [-0.2, 0) is 14.4 Å². The van der Waals surface area contributed by atoms with Crippen molar-refractivity contribution in [2.75, 3.05) is 4.90 Å². The summed E-state index contributed by atoms with van der Waals surface area (Å²) in [5, 5.41) is 0. The number of carbonyl (C=O) groups excluding carboxylic acids is 3. The first kappa shape index (κ1) is 22.7. The quantitative estimate of drug-likeness (QED) is 0.419. The summed E-state index contributed by atoms with van der Waals surface area (Å²) >= 11 is 0. The molecule has 2 bridgehead atoms. The van der Waals surface area contributed by atoms with Gasteiger partial charge in [-0.05, 0) is 54.2 Å². The van der Waals surface area contributed by atoms with Crippen molar-refractivity contribution < 1.29 is 14.4 Å². The van der Waals surface area contributed by atoms with Crippen LogP contribution < -0.4 is 4.90 Å². The van der Waals surface area contributed by atoms with Gasteiger partial charge in [-0.2, -0.15) is 0 Å². The zero-order chi connectivity index (χ0) is 25.2. The highest BCUT2D eigenvalue weighted by atomic mass is 16.2. The number of Topliss-reactive ketones (excluding diaryl/α,β-unsaturated/α-hetero) is 1. The Bertz CT molecular complexity index is 1440. The lowest BCUT2D eigenvalue weighted by Gasteiger charge is -2.37. The average Bonchev–Trinajstić information content (AvgIpc) is 3.35. The number of rotatable bonds is 5. The normalized spacial score (nSPS) is 28.9. The second-order valence-electron chi connectivity index (χ2n) is 10.5. The molecule has 0 spiro atoms. The van der Waals surface area contributed by atoms with Gasteiger partial charge in [0.05, 0.1) is 28.4 Å². The fraction of sp³-hybridized carbons (Fsp3) is 0.281. The number of anilines is 1. The molecule has 3 aliphatic rings. The van der Waals surface area contributed by atoms with Gasteiger partial charge in [0.25, 0.3) is 0 Å². The molecule has 4 nitrogen and oxygen atoms in total. The molecule has 0 N–H and O–H groups in total. The van der Waals surface area contributed by atoms with Crippen LogP contribution in [0.2, 0.25) is 0 Å². The third-order valence-electron chi connectivity index (χ3n) is 8.68. The minimum atomic E-state index is -1.09. The summed E-state index contributed by atoms with van der Waals surface area (Å²) in [7, 11) is 0. The summed E-state index contributed by atoms with van der Waals surface area (Å²) in [6.45, 7) is 5.88. The van der Waals surface area contributed by atoms with Gasteiger partial charge in [0.2, 0.25) is 11.8 Å². The molecule has 180 valence electrons. The van der Waals surface area contributed by atoms with Crippen molar-refractivity contribution in [3.63, 3.8) is 0 Å². The third kappa shape index (κ3) is 2.62. The van der Waals surface area contributed by atoms with Crippen LogP contribution in [0.3, 0.4) is 0 Å². The minimum Gasteiger partial charge on any atom is -0.298 e. The van der Waals surface area contributed by atoms with Crippen molar-refractivity contribution >= 4 is 34.4 Å². The van der Waals surface area contributed by atoms with Crippen LogP contribution in [-0.4, -0.2) is 17.6 Å². The molecule has 6 rings (SSSR count). The van der Waals surface area contributed by atoms with Crippen LogP contribution in [0.25, 0.3) is 11.1 Å². The predicted molar refractivity (Wildman–Crippen MR) is 141 cm³/mol. The van der Waals surface area contributed by atoms with Crippen LogP contribution in [0.15, 0.2) is 84.9 Å². The van der Waals surface area contributed by atoms with Crippen molar-refractivity contribution in [2.45, 2.75) is 33.6 Å². The van der Waals surface area contributed by atoms with E-state index in [1.807, 2.05) is 98.8 Å². The second kappa shape index (κ2) is 7.86. The van der Waals surface area contributed by atoms with Gasteiger partial charge < -0.3 is 0 Å². The molecule has 3 aromatic carbocycles. The van der Waals surface area contributed by atoms with Crippen molar-refractivity contribution in [1.82, 2.24) is 0 Å². The Morgan fingerprint density at radius 3 is 1.83 bits per heavy atom. The lowest BCUT2D eigenvalue weighted by atomic mass is 9.61. The van der Waals surface area contributed by atoms with Gasteiger partial charge >= 0.3 is 0 Å². The first-order valence-electron chi connectivity index (χ1n) is 12.7. The molecule has 2 aliphatic carbocycles. The smallest absolute Gasteiger partial charge is 0.239 e. The Kier molecular flexibility index (Phi) is 4.95. The highest BCUT2D eigenvalue weighted by molar-refractivity contribution is 6.34. The minimum absolute atomic E-state index is 0.0238. The number of aryl methyl sites for hydroxylation is 1. The van der Waals surface area contributed by atoms with E-state index in [9.17, 15) is 14.4 Å². The van der Waals surface area contributed by atoms with E-state index in [2.05, 4.69) is 6.92 Å². The number of fused-ring (bicyclic) bond motifs is 5. The highest BCUT2D eigenvalue weighted by Crippen LogP contribution is 2.75. The van der Waals surface area contributed by atoms with E-state index >= 15 is 0 Å². The van der Waals surface area contributed by atoms with Gasteiger partial charge in [0.1, 0.15) is 0 Å². The van der Waals surface area contributed by atoms with Gasteiger partial charge in [0.15, 0.2) is 5.78 Å². The van der Waals surface area contributed by atoms with E-state index in [1.165, 1.54) is 4.90 Å². The fourth-order valence-corrected chi connectivity index (χ4v) is 7.41. The predicted octanol–water partition coefficient (Wildman–Crippen LogP) is 6.10. The van der Waals surface area contributed by atoms with Gasteiger partial charge in [-0.3, -0.25) is 14.4 Å². The molecule has 4 atom stereocenters. The van der Waals surface area contributed by atoms with E-state index in [0.717, 1.165) is 34.3 Å². The summed E-state index contributed by atoms with van der Waals surface area (Å²) in [5.74, 6) is -1.90. The maximum atomic E-state index is 14.6. The first-order valence-corrected chi connectivity index (χ1v) is 12.7. The molecule has 36 heavy (non-hydrogen) atoms. The summed E-state index contributed by atoms with van der Waals surface area (Å²) in [6, 6.07) is 27.4. The molecule has 3 aromatic rings. The number of amides is 2. The van der Waals surface area contributed by atoms with E-state index in [4.69, 9.17) is 0 Å². The Balaban J connectivity index is 1.67. The first-order chi connectivity index (χ1) is 17.4. The van der Waals surface area contributed by atoms with E-state index in [1.54, 1.807) is 0 Å². The number of hydrogen-bond donors (Lipinski definition) is 0.